The predicted molar refractivity (Wildman–Crippen MR) is 87.9 cm³/mol. The number of amides is 1. The SMILES string of the molecule is O=C(/C=C/CN1CCCCC1)N1CCc2cc(Cl)sc2C1. The minimum absolute atomic E-state index is 0.127. The van der Waals surface area contributed by atoms with Gasteiger partial charge in [0.15, 0.2) is 0 Å². The van der Waals surface area contributed by atoms with E-state index in [9.17, 15) is 4.79 Å². The van der Waals surface area contributed by atoms with Gasteiger partial charge in [-0.15, -0.1) is 11.3 Å². The van der Waals surface area contributed by atoms with Gasteiger partial charge < -0.3 is 4.90 Å². The molecule has 0 aromatic carbocycles. The van der Waals surface area contributed by atoms with E-state index < -0.39 is 0 Å². The normalized spacial score (nSPS) is 20.0. The highest BCUT2D eigenvalue weighted by molar-refractivity contribution is 7.16. The van der Waals surface area contributed by atoms with Crippen LogP contribution in [0.2, 0.25) is 4.34 Å². The predicted octanol–water partition coefficient (Wildman–Crippen LogP) is 3.33. The fourth-order valence-electron chi connectivity index (χ4n) is 3.02. The molecule has 1 aromatic rings. The van der Waals surface area contributed by atoms with Crippen LogP contribution in [0.1, 0.15) is 29.7 Å². The summed E-state index contributed by atoms with van der Waals surface area (Å²) >= 11 is 7.64. The van der Waals surface area contributed by atoms with E-state index in [1.165, 1.54) is 42.8 Å². The van der Waals surface area contributed by atoms with Crippen LogP contribution in [0.5, 0.6) is 0 Å². The summed E-state index contributed by atoms with van der Waals surface area (Å²) in [5.74, 6) is 0.127. The maximum absolute atomic E-state index is 12.2. The van der Waals surface area contributed by atoms with Crippen LogP contribution in [-0.4, -0.2) is 41.9 Å². The molecule has 0 saturated carbocycles. The standard InChI is InChI=1S/C16H21ClN2OS/c17-15-11-13-6-10-19(12-14(13)21-15)16(20)5-4-9-18-7-2-1-3-8-18/h4-5,11H,1-3,6-10,12H2/b5-4+. The summed E-state index contributed by atoms with van der Waals surface area (Å²) in [6, 6.07) is 2.04. The Morgan fingerprint density at radius 3 is 2.90 bits per heavy atom. The van der Waals surface area contributed by atoms with E-state index in [4.69, 9.17) is 11.6 Å². The Morgan fingerprint density at radius 2 is 2.10 bits per heavy atom. The summed E-state index contributed by atoms with van der Waals surface area (Å²) in [6.07, 6.45) is 8.61. The lowest BCUT2D eigenvalue weighted by molar-refractivity contribution is -0.126. The Balaban J connectivity index is 1.51. The quantitative estimate of drug-likeness (QED) is 0.796. The van der Waals surface area contributed by atoms with Crippen molar-refractivity contribution in [2.75, 3.05) is 26.2 Å². The van der Waals surface area contributed by atoms with Crippen LogP contribution in [0.3, 0.4) is 0 Å². The number of rotatable bonds is 3. The van der Waals surface area contributed by atoms with Gasteiger partial charge in [-0.3, -0.25) is 9.69 Å². The van der Waals surface area contributed by atoms with Gasteiger partial charge in [-0.25, -0.2) is 0 Å². The monoisotopic (exact) mass is 324 g/mol. The van der Waals surface area contributed by atoms with Crippen molar-refractivity contribution in [3.63, 3.8) is 0 Å². The second kappa shape index (κ2) is 6.95. The average Bonchev–Trinajstić information content (AvgIpc) is 2.87. The van der Waals surface area contributed by atoms with Crippen molar-refractivity contribution in [2.24, 2.45) is 0 Å². The van der Waals surface area contributed by atoms with Crippen LogP contribution in [0.25, 0.3) is 0 Å². The molecule has 1 saturated heterocycles. The van der Waals surface area contributed by atoms with Crippen molar-refractivity contribution in [1.82, 2.24) is 9.80 Å². The highest BCUT2D eigenvalue weighted by Crippen LogP contribution is 2.31. The van der Waals surface area contributed by atoms with Gasteiger partial charge in [-0.2, -0.15) is 0 Å². The summed E-state index contributed by atoms with van der Waals surface area (Å²) < 4.78 is 0.829. The van der Waals surface area contributed by atoms with E-state index in [2.05, 4.69) is 4.90 Å². The molecule has 21 heavy (non-hydrogen) atoms. The molecule has 3 rings (SSSR count). The van der Waals surface area contributed by atoms with E-state index in [0.717, 1.165) is 23.8 Å². The van der Waals surface area contributed by atoms with Gasteiger partial charge in [0.2, 0.25) is 5.91 Å². The molecule has 3 heterocycles. The molecule has 0 aliphatic carbocycles. The zero-order chi connectivity index (χ0) is 14.7. The summed E-state index contributed by atoms with van der Waals surface area (Å²) in [6.45, 7) is 4.74. The lowest BCUT2D eigenvalue weighted by Gasteiger charge is -2.26. The minimum atomic E-state index is 0.127. The molecule has 1 fully saturated rings. The number of hydrogen-bond donors (Lipinski definition) is 0. The maximum atomic E-state index is 12.2. The number of nitrogens with zero attached hydrogens (tertiary/aromatic N) is 2. The van der Waals surface area contributed by atoms with Gasteiger partial charge in [0.1, 0.15) is 0 Å². The molecule has 0 N–H and O–H groups in total. The first-order valence-corrected chi connectivity index (χ1v) is 8.87. The van der Waals surface area contributed by atoms with E-state index >= 15 is 0 Å². The molecular formula is C16H21ClN2OS. The first-order chi connectivity index (χ1) is 10.2. The first-order valence-electron chi connectivity index (χ1n) is 7.67. The number of hydrogen-bond acceptors (Lipinski definition) is 3. The van der Waals surface area contributed by atoms with Gasteiger partial charge in [0.25, 0.3) is 0 Å². The zero-order valence-corrected chi connectivity index (χ0v) is 13.8. The van der Waals surface area contributed by atoms with E-state index in [-0.39, 0.29) is 5.91 Å². The highest BCUT2D eigenvalue weighted by atomic mass is 35.5. The molecular weight excluding hydrogens is 304 g/mol. The summed E-state index contributed by atoms with van der Waals surface area (Å²) in [4.78, 5) is 17.8. The molecule has 5 heteroatoms. The Labute approximate surface area is 135 Å². The number of carbonyl (C=O) groups is 1. The van der Waals surface area contributed by atoms with Gasteiger partial charge in [-0.05, 0) is 44.0 Å². The van der Waals surface area contributed by atoms with E-state index in [0.29, 0.717) is 6.54 Å². The Kier molecular flexibility index (Phi) is 4.99. The Hall–Kier alpha value is -0.840. The van der Waals surface area contributed by atoms with Crippen LogP contribution >= 0.6 is 22.9 Å². The second-order valence-corrected chi connectivity index (χ2v) is 7.54. The number of likely N-dealkylation sites (tertiary alicyclic amines) is 1. The Morgan fingerprint density at radius 1 is 1.29 bits per heavy atom. The molecule has 2 aliphatic heterocycles. The number of halogens is 1. The van der Waals surface area contributed by atoms with E-state index in [1.807, 2.05) is 17.0 Å². The van der Waals surface area contributed by atoms with Crippen LogP contribution in [0, 0.1) is 0 Å². The smallest absolute Gasteiger partial charge is 0.246 e. The van der Waals surface area contributed by atoms with Crippen molar-refractivity contribution < 1.29 is 4.79 Å². The molecule has 1 aromatic heterocycles. The third-order valence-corrected chi connectivity index (χ3v) is 5.53. The van der Waals surface area contributed by atoms with E-state index in [1.54, 1.807) is 17.4 Å². The molecule has 0 radical (unpaired) electrons. The third kappa shape index (κ3) is 3.87. The molecule has 1 amide bonds. The molecule has 0 atom stereocenters. The topological polar surface area (TPSA) is 23.6 Å². The largest absolute Gasteiger partial charge is 0.334 e. The van der Waals surface area contributed by atoms with Crippen molar-refractivity contribution in [3.8, 4) is 0 Å². The van der Waals surface area contributed by atoms with Crippen LogP contribution in [0.4, 0.5) is 0 Å². The fourth-order valence-corrected chi connectivity index (χ4v) is 4.38. The molecule has 3 nitrogen and oxygen atoms in total. The average molecular weight is 325 g/mol. The molecule has 2 aliphatic rings. The molecule has 0 bridgehead atoms. The Bertz CT molecular complexity index is 534. The minimum Gasteiger partial charge on any atom is -0.334 e. The maximum Gasteiger partial charge on any atom is 0.246 e. The summed E-state index contributed by atoms with van der Waals surface area (Å²) in [7, 11) is 0. The highest BCUT2D eigenvalue weighted by Gasteiger charge is 2.21. The van der Waals surface area contributed by atoms with Gasteiger partial charge in [0, 0.05) is 24.0 Å². The number of carbonyl (C=O) groups excluding carboxylic acids is 1. The lowest BCUT2D eigenvalue weighted by Crippen LogP contribution is -2.34. The van der Waals surface area contributed by atoms with Crippen LogP contribution in [-0.2, 0) is 17.8 Å². The number of thiophene rings is 1. The van der Waals surface area contributed by atoms with Crippen molar-refractivity contribution in [1.29, 1.82) is 0 Å². The number of fused-ring (bicyclic) bond motifs is 1. The van der Waals surface area contributed by atoms with Crippen molar-refractivity contribution in [3.05, 3.63) is 33.0 Å². The van der Waals surface area contributed by atoms with Crippen LogP contribution in [0.15, 0.2) is 18.2 Å². The van der Waals surface area contributed by atoms with Crippen molar-refractivity contribution in [2.45, 2.75) is 32.2 Å². The second-order valence-electron chi connectivity index (χ2n) is 5.77. The lowest BCUT2D eigenvalue weighted by atomic mass is 10.1. The molecule has 0 spiro atoms. The molecule has 0 unspecified atom stereocenters. The summed E-state index contributed by atoms with van der Waals surface area (Å²) in [5, 5.41) is 0. The summed E-state index contributed by atoms with van der Waals surface area (Å²) in [5.41, 5.74) is 1.31. The fraction of sp³-hybridized carbons (Fsp3) is 0.562. The van der Waals surface area contributed by atoms with Gasteiger partial charge in [-0.1, -0.05) is 24.1 Å². The van der Waals surface area contributed by atoms with Crippen molar-refractivity contribution >= 4 is 28.8 Å². The molecule has 114 valence electrons. The van der Waals surface area contributed by atoms with Crippen LogP contribution < -0.4 is 0 Å². The van der Waals surface area contributed by atoms with Gasteiger partial charge in [0.05, 0.1) is 10.9 Å². The third-order valence-electron chi connectivity index (χ3n) is 4.24. The van der Waals surface area contributed by atoms with Gasteiger partial charge >= 0.3 is 0 Å². The first kappa shape index (κ1) is 15.1. The zero-order valence-electron chi connectivity index (χ0n) is 12.2. The number of piperidine rings is 1.